The number of hydrogen-bond donors (Lipinski definition) is 1. The van der Waals surface area contributed by atoms with Crippen LogP contribution in [-0.4, -0.2) is 33.9 Å². The minimum atomic E-state index is -0.416. The van der Waals surface area contributed by atoms with E-state index in [9.17, 15) is 4.79 Å². The average molecular weight is 339 g/mol. The number of ether oxygens (including phenoxy) is 1. The van der Waals surface area contributed by atoms with E-state index < -0.39 is 5.97 Å². The summed E-state index contributed by atoms with van der Waals surface area (Å²) in [5.41, 5.74) is 7.48. The second-order valence-electron chi connectivity index (χ2n) is 3.98. The van der Waals surface area contributed by atoms with Gasteiger partial charge in [-0.1, -0.05) is 0 Å². The summed E-state index contributed by atoms with van der Waals surface area (Å²) >= 11 is 3.43. The second kappa shape index (κ2) is 6.62. The number of halogens is 1. The summed E-state index contributed by atoms with van der Waals surface area (Å²) in [4.78, 5) is 16.0. The van der Waals surface area contributed by atoms with Crippen LogP contribution in [0.5, 0.6) is 0 Å². The lowest BCUT2D eigenvalue weighted by Gasteiger charge is -2.05. The lowest BCUT2D eigenvalue weighted by molar-refractivity contribution is 0.0511. The number of esters is 1. The van der Waals surface area contributed by atoms with Crippen LogP contribution in [0.25, 0.3) is 11.3 Å². The van der Waals surface area contributed by atoms with Crippen molar-refractivity contribution in [1.82, 2.24) is 14.8 Å². The monoisotopic (exact) mass is 338 g/mol. The average Bonchev–Trinajstić information content (AvgIpc) is 2.77. The molecule has 0 aromatic carbocycles. The Morgan fingerprint density at radius 2 is 2.15 bits per heavy atom. The minimum absolute atomic E-state index is 0.309. The van der Waals surface area contributed by atoms with Crippen LogP contribution >= 0.6 is 15.9 Å². The Kier molecular flexibility index (Phi) is 4.86. The van der Waals surface area contributed by atoms with Gasteiger partial charge < -0.3 is 10.5 Å². The van der Waals surface area contributed by atoms with Gasteiger partial charge in [0.15, 0.2) is 5.69 Å². The van der Waals surface area contributed by atoms with Gasteiger partial charge in [0.1, 0.15) is 5.69 Å². The van der Waals surface area contributed by atoms with Crippen LogP contribution in [0, 0.1) is 0 Å². The molecule has 0 radical (unpaired) electrons. The predicted molar refractivity (Wildman–Crippen MR) is 78.2 cm³/mol. The van der Waals surface area contributed by atoms with Crippen LogP contribution in [0.1, 0.15) is 17.4 Å². The molecule has 0 saturated heterocycles. The van der Waals surface area contributed by atoms with Gasteiger partial charge in [-0.2, -0.15) is 5.10 Å². The Hall–Kier alpha value is -1.73. The Labute approximate surface area is 125 Å². The number of hydrogen-bond acceptors (Lipinski definition) is 5. The van der Waals surface area contributed by atoms with Gasteiger partial charge in [0.25, 0.3) is 0 Å². The van der Waals surface area contributed by atoms with E-state index in [1.165, 1.54) is 0 Å². The van der Waals surface area contributed by atoms with E-state index >= 15 is 0 Å². The molecule has 0 spiro atoms. The molecule has 0 atom stereocenters. The maximum Gasteiger partial charge on any atom is 0.357 e. The van der Waals surface area contributed by atoms with Crippen molar-refractivity contribution >= 4 is 21.9 Å². The molecule has 2 rings (SSSR count). The lowest BCUT2D eigenvalue weighted by Crippen LogP contribution is -2.18. The Morgan fingerprint density at radius 3 is 2.75 bits per heavy atom. The van der Waals surface area contributed by atoms with Crippen LogP contribution in [0.4, 0.5) is 0 Å². The summed E-state index contributed by atoms with van der Waals surface area (Å²) in [5, 5.41) is 4.43. The highest BCUT2D eigenvalue weighted by Crippen LogP contribution is 2.30. The summed E-state index contributed by atoms with van der Waals surface area (Å²) in [6.45, 7) is 2.90. The van der Waals surface area contributed by atoms with Crippen molar-refractivity contribution in [3.05, 3.63) is 34.7 Å². The third-order valence-electron chi connectivity index (χ3n) is 2.66. The molecule has 2 aromatic heterocycles. The molecule has 0 saturated carbocycles. The van der Waals surface area contributed by atoms with Gasteiger partial charge in [0.05, 0.1) is 17.6 Å². The van der Waals surface area contributed by atoms with Gasteiger partial charge in [-0.05, 0) is 35.0 Å². The first kappa shape index (κ1) is 14.7. The summed E-state index contributed by atoms with van der Waals surface area (Å²) in [6, 6.07) is 3.66. The van der Waals surface area contributed by atoms with Crippen LogP contribution in [-0.2, 0) is 11.3 Å². The highest BCUT2D eigenvalue weighted by atomic mass is 79.9. The van der Waals surface area contributed by atoms with Crippen molar-refractivity contribution in [3.8, 4) is 11.3 Å². The first-order chi connectivity index (χ1) is 9.69. The quantitative estimate of drug-likeness (QED) is 0.841. The zero-order valence-electron chi connectivity index (χ0n) is 11.0. The van der Waals surface area contributed by atoms with Crippen molar-refractivity contribution in [2.75, 3.05) is 13.2 Å². The molecule has 0 aliphatic heterocycles. The molecule has 2 heterocycles. The first-order valence-electron chi connectivity index (χ1n) is 6.23. The van der Waals surface area contributed by atoms with Crippen LogP contribution in [0.3, 0.4) is 0 Å². The predicted octanol–water partition coefficient (Wildman–Crippen LogP) is 1.84. The number of carbonyl (C=O) groups is 1. The van der Waals surface area contributed by atoms with Crippen LogP contribution < -0.4 is 5.73 Å². The topological polar surface area (TPSA) is 83.0 Å². The summed E-state index contributed by atoms with van der Waals surface area (Å²) in [5.74, 6) is -0.416. The van der Waals surface area contributed by atoms with E-state index in [2.05, 4.69) is 26.0 Å². The molecule has 20 heavy (non-hydrogen) atoms. The highest BCUT2D eigenvalue weighted by Gasteiger charge is 2.23. The highest BCUT2D eigenvalue weighted by molar-refractivity contribution is 9.10. The summed E-state index contributed by atoms with van der Waals surface area (Å²) in [6.07, 6.45) is 3.35. The van der Waals surface area contributed by atoms with E-state index in [4.69, 9.17) is 10.5 Å². The molecule has 106 valence electrons. The Bertz CT molecular complexity index is 598. The van der Waals surface area contributed by atoms with E-state index in [0.29, 0.717) is 35.6 Å². The molecule has 0 bridgehead atoms. The number of pyridine rings is 1. The minimum Gasteiger partial charge on any atom is -0.461 e. The second-order valence-corrected chi connectivity index (χ2v) is 4.77. The third kappa shape index (κ3) is 2.88. The van der Waals surface area contributed by atoms with Crippen LogP contribution in [0.2, 0.25) is 0 Å². The number of nitrogens with two attached hydrogens (primary N) is 1. The number of rotatable bonds is 5. The molecule has 0 fully saturated rings. The molecular weight excluding hydrogens is 324 g/mol. The lowest BCUT2D eigenvalue weighted by atomic mass is 10.2. The molecule has 0 unspecified atom stereocenters. The van der Waals surface area contributed by atoms with Crippen molar-refractivity contribution in [1.29, 1.82) is 0 Å². The van der Waals surface area contributed by atoms with Gasteiger partial charge in [0.2, 0.25) is 0 Å². The zero-order valence-corrected chi connectivity index (χ0v) is 12.6. The molecule has 2 N–H and O–H groups in total. The molecule has 2 aromatic rings. The van der Waals surface area contributed by atoms with Gasteiger partial charge in [-0.25, -0.2) is 4.79 Å². The van der Waals surface area contributed by atoms with Crippen molar-refractivity contribution in [3.63, 3.8) is 0 Å². The molecule has 7 heteroatoms. The SMILES string of the molecule is CCOC(=O)c1c(Br)c(-c2ccncc2)nn1CCN. The molecule has 6 nitrogen and oxygen atoms in total. The fraction of sp³-hybridized carbons (Fsp3) is 0.308. The van der Waals surface area contributed by atoms with Gasteiger partial charge in [-0.15, -0.1) is 0 Å². The van der Waals surface area contributed by atoms with Crippen LogP contribution in [0.15, 0.2) is 29.0 Å². The number of aromatic nitrogens is 3. The standard InChI is InChI=1S/C13H15BrN4O2/c1-2-20-13(19)12-10(14)11(17-18(12)8-5-15)9-3-6-16-7-4-9/h3-4,6-7H,2,5,8,15H2,1H3. The summed E-state index contributed by atoms with van der Waals surface area (Å²) < 4.78 is 7.24. The Morgan fingerprint density at radius 1 is 1.45 bits per heavy atom. The summed E-state index contributed by atoms with van der Waals surface area (Å²) in [7, 11) is 0. The van der Waals surface area contributed by atoms with Crippen molar-refractivity contribution in [2.45, 2.75) is 13.5 Å². The molecule has 0 amide bonds. The Balaban J connectivity index is 2.50. The smallest absolute Gasteiger partial charge is 0.357 e. The maximum absolute atomic E-state index is 12.0. The van der Waals surface area contributed by atoms with E-state index in [1.807, 2.05) is 12.1 Å². The third-order valence-corrected chi connectivity index (χ3v) is 3.41. The van der Waals surface area contributed by atoms with Gasteiger partial charge >= 0.3 is 5.97 Å². The van der Waals surface area contributed by atoms with E-state index in [-0.39, 0.29) is 0 Å². The fourth-order valence-electron chi connectivity index (χ4n) is 1.81. The van der Waals surface area contributed by atoms with Gasteiger partial charge in [-0.3, -0.25) is 9.67 Å². The normalized spacial score (nSPS) is 10.6. The maximum atomic E-state index is 12.0. The van der Waals surface area contributed by atoms with Gasteiger partial charge in [0, 0.05) is 24.5 Å². The van der Waals surface area contributed by atoms with Crippen molar-refractivity contribution < 1.29 is 9.53 Å². The molecule has 0 aliphatic carbocycles. The van der Waals surface area contributed by atoms with E-state index in [1.54, 1.807) is 24.0 Å². The molecule has 0 aliphatic rings. The van der Waals surface area contributed by atoms with Crippen molar-refractivity contribution in [2.24, 2.45) is 5.73 Å². The number of nitrogens with zero attached hydrogens (tertiary/aromatic N) is 3. The zero-order chi connectivity index (χ0) is 14.5. The fourth-order valence-corrected chi connectivity index (χ4v) is 2.49. The largest absolute Gasteiger partial charge is 0.461 e. The first-order valence-corrected chi connectivity index (χ1v) is 7.02. The number of carbonyl (C=O) groups excluding carboxylic acids is 1. The van der Waals surface area contributed by atoms with E-state index in [0.717, 1.165) is 5.56 Å². The molecular formula is C13H15BrN4O2.